The summed E-state index contributed by atoms with van der Waals surface area (Å²) < 4.78 is 23.9. The van der Waals surface area contributed by atoms with Gasteiger partial charge in [0.1, 0.15) is 5.25 Å². The van der Waals surface area contributed by atoms with E-state index < -0.39 is 15.1 Å². The Morgan fingerprint density at radius 3 is 2.38 bits per heavy atom. The Morgan fingerprint density at radius 1 is 1.17 bits per heavy atom. The first-order valence-corrected chi connectivity index (χ1v) is 12.8. The van der Waals surface area contributed by atoms with Gasteiger partial charge in [-0.2, -0.15) is 0 Å². The zero-order chi connectivity index (χ0) is 20.6. The molecule has 0 aromatic heterocycles. The second-order valence-corrected chi connectivity index (χ2v) is 12.1. The molecule has 160 valence electrons. The molecule has 0 bridgehead atoms. The lowest BCUT2D eigenvalue weighted by molar-refractivity contribution is -0.123. The van der Waals surface area contributed by atoms with Gasteiger partial charge in [-0.1, -0.05) is 38.1 Å². The molecule has 3 aliphatic rings. The standard InChI is InChI=1S/C23H34N2O3S/c1-17(2)19-7-5-18(6-8-19)16-25-11-9-23(10-12-25)14-20(15-23)24-22(26)21-4-3-13-29(21,27)28/h5-8,17,20-21H,3-4,9-16H2,1-2H3,(H,24,26). The molecule has 0 radical (unpaired) electrons. The molecule has 5 nitrogen and oxygen atoms in total. The van der Waals surface area contributed by atoms with Gasteiger partial charge in [0.15, 0.2) is 9.84 Å². The van der Waals surface area contributed by atoms with Crippen molar-refractivity contribution in [3.8, 4) is 0 Å². The Balaban J connectivity index is 1.22. The number of rotatable bonds is 5. The number of nitrogens with zero attached hydrogens (tertiary/aromatic N) is 1. The molecule has 6 heteroatoms. The van der Waals surface area contributed by atoms with E-state index in [4.69, 9.17) is 0 Å². The van der Waals surface area contributed by atoms with Crippen LogP contribution in [0.1, 0.15) is 69.4 Å². The van der Waals surface area contributed by atoms with Crippen LogP contribution in [0.3, 0.4) is 0 Å². The summed E-state index contributed by atoms with van der Waals surface area (Å²) in [7, 11) is -3.21. The molecule has 2 aliphatic heterocycles. The topological polar surface area (TPSA) is 66.5 Å². The maximum absolute atomic E-state index is 12.4. The van der Waals surface area contributed by atoms with E-state index in [1.165, 1.54) is 24.0 Å². The summed E-state index contributed by atoms with van der Waals surface area (Å²) in [5, 5.41) is 2.22. The third-order valence-electron chi connectivity index (χ3n) is 7.30. The van der Waals surface area contributed by atoms with Crippen molar-refractivity contribution < 1.29 is 13.2 Å². The molecule has 3 fully saturated rings. The molecule has 1 atom stereocenters. The van der Waals surface area contributed by atoms with Crippen LogP contribution in [0, 0.1) is 5.41 Å². The number of benzene rings is 1. The lowest BCUT2D eigenvalue weighted by Gasteiger charge is -2.52. The summed E-state index contributed by atoms with van der Waals surface area (Å²) in [5.41, 5.74) is 3.12. The highest BCUT2D eigenvalue weighted by atomic mass is 32.2. The zero-order valence-electron chi connectivity index (χ0n) is 17.7. The van der Waals surface area contributed by atoms with Crippen molar-refractivity contribution in [2.24, 2.45) is 5.41 Å². The summed E-state index contributed by atoms with van der Waals surface area (Å²) in [6.07, 6.45) is 5.45. The first-order valence-electron chi connectivity index (χ1n) is 11.1. The minimum absolute atomic E-state index is 0.161. The van der Waals surface area contributed by atoms with Crippen LogP contribution in [0.15, 0.2) is 24.3 Å². The Kier molecular flexibility index (Phi) is 5.77. The molecule has 1 amide bonds. The van der Waals surface area contributed by atoms with E-state index in [0.717, 1.165) is 32.5 Å². The highest BCUT2D eigenvalue weighted by Crippen LogP contribution is 2.49. The highest BCUT2D eigenvalue weighted by Gasteiger charge is 2.47. The minimum Gasteiger partial charge on any atom is -0.352 e. The molecule has 1 spiro atoms. The summed E-state index contributed by atoms with van der Waals surface area (Å²) in [6, 6.07) is 9.16. The van der Waals surface area contributed by atoms with Crippen molar-refractivity contribution in [3.05, 3.63) is 35.4 Å². The molecule has 1 aromatic rings. The lowest BCUT2D eigenvalue weighted by atomic mass is 9.60. The van der Waals surface area contributed by atoms with Crippen LogP contribution in [0.2, 0.25) is 0 Å². The van der Waals surface area contributed by atoms with Gasteiger partial charge in [0.25, 0.3) is 0 Å². The average molecular weight is 419 g/mol. The first-order chi connectivity index (χ1) is 13.8. The molecule has 1 aliphatic carbocycles. The molecular weight excluding hydrogens is 384 g/mol. The number of nitrogens with one attached hydrogen (secondary N) is 1. The van der Waals surface area contributed by atoms with Crippen molar-refractivity contribution in [2.75, 3.05) is 18.8 Å². The van der Waals surface area contributed by atoms with Crippen LogP contribution < -0.4 is 5.32 Å². The monoisotopic (exact) mass is 418 g/mol. The zero-order valence-corrected chi connectivity index (χ0v) is 18.5. The number of hydrogen-bond donors (Lipinski definition) is 1. The van der Waals surface area contributed by atoms with E-state index in [-0.39, 0.29) is 17.7 Å². The summed E-state index contributed by atoms with van der Waals surface area (Å²) in [6.45, 7) is 7.65. The maximum atomic E-state index is 12.4. The number of carbonyl (C=O) groups excluding carboxylic acids is 1. The molecule has 1 unspecified atom stereocenters. The number of sulfone groups is 1. The van der Waals surface area contributed by atoms with Gasteiger partial charge >= 0.3 is 0 Å². The van der Waals surface area contributed by atoms with E-state index >= 15 is 0 Å². The van der Waals surface area contributed by atoms with Crippen molar-refractivity contribution in [1.29, 1.82) is 0 Å². The third-order valence-corrected chi connectivity index (χ3v) is 9.47. The third kappa shape index (κ3) is 4.53. The number of carbonyl (C=O) groups is 1. The van der Waals surface area contributed by atoms with E-state index in [2.05, 4.69) is 48.3 Å². The predicted molar refractivity (Wildman–Crippen MR) is 115 cm³/mol. The van der Waals surface area contributed by atoms with Gasteiger partial charge in [-0.25, -0.2) is 8.42 Å². The fourth-order valence-corrected chi connectivity index (χ4v) is 7.10. The Bertz CT molecular complexity index is 831. The number of hydrogen-bond acceptors (Lipinski definition) is 4. The Labute approximate surface area is 175 Å². The summed E-state index contributed by atoms with van der Waals surface area (Å²) >= 11 is 0. The molecule has 29 heavy (non-hydrogen) atoms. The number of piperidine rings is 1. The van der Waals surface area contributed by atoms with Gasteiger partial charge in [-0.15, -0.1) is 0 Å². The van der Waals surface area contributed by atoms with Gasteiger partial charge in [0, 0.05) is 12.6 Å². The van der Waals surface area contributed by atoms with Crippen molar-refractivity contribution in [3.63, 3.8) is 0 Å². The quantitative estimate of drug-likeness (QED) is 0.797. The first kappa shape index (κ1) is 20.9. The second kappa shape index (κ2) is 8.03. The van der Waals surface area contributed by atoms with Crippen LogP contribution >= 0.6 is 0 Å². The van der Waals surface area contributed by atoms with Gasteiger partial charge in [0.2, 0.25) is 5.91 Å². The molecule has 1 aromatic carbocycles. The SMILES string of the molecule is CC(C)c1ccc(CN2CCC3(CC2)CC(NC(=O)C2CCCS2(=O)=O)C3)cc1. The van der Waals surface area contributed by atoms with Crippen molar-refractivity contribution >= 4 is 15.7 Å². The molecule has 2 heterocycles. The van der Waals surface area contributed by atoms with E-state index in [1.54, 1.807) is 0 Å². The van der Waals surface area contributed by atoms with Crippen LogP contribution in [0.4, 0.5) is 0 Å². The smallest absolute Gasteiger partial charge is 0.238 e. The number of amides is 1. The van der Waals surface area contributed by atoms with E-state index in [9.17, 15) is 13.2 Å². The second-order valence-electron chi connectivity index (χ2n) is 9.78. The summed E-state index contributed by atoms with van der Waals surface area (Å²) in [4.78, 5) is 14.9. The van der Waals surface area contributed by atoms with E-state index in [1.807, 2.05) is 0 Å². The molecular formula is C23H34N2O3S. The van der Waals surface area contributed by atoms with Crippen LogP contribution in [-0.2, 0) is 21.2 Å². The highest BCUT2D eigenvalue weighted by molar-refractivity contribution is 7.93. The maximum Gasteiger partial charge on any atom is 0.238 e. The van der Waals surface area contributed by atoms with Gasteiger partial charge < -0.3 is 5.32 Å². The molecule has 4 rings (SSSR count). The van der Waals surface area contributed by atoms with Gasteiger partial charge in [-0.3, -0.25) is 9.69 Å². The van der Waals surface area contributed by atoms with Crippen LogP contribution in [-0.4, -0.2) is 49.4 Å². The predicted octanol–water partition coefficient (Wildman–Crippen LogP) is 3.25. The fraction of sp³-hybridized carbons (Fsp3) is 0.696. The average Bonchev–Trinajstić information content (AvgIpc) is 3.01. The van der Waals surface area contributed by atoms with Crippen LogP contribution in [0.25, 0.3) is 0 Å². The summed E-state index contributed by atoms with van der Waals surface area (Å²) in [5.74, 6) is 0.472. The fourth-order valence-electron chi connectivity index (χ4n) is 5.33. The molecule has 1 N–H and O–H groups in total. The van der Waals surface area contributed by atoms with Crippen molar-refractivity contribution in [2.45, 2.75) is 76.1 Å². The Morgan fingerprint density at radius 2 is 1.83 bits per heavy atom. The van der Waals surface area contributed by atoms with Crippen molar-refractivity contribution in [1.82, 2.24) is 10.2 Å². The lowest BCUT2D eigenvalue weighted by Crippen LogP contribution is -2.56. The molecule has 2 saturated heterocycles. The van der Waals surface area contributed by atoms with E-state index in [0.29, 0.717) is 24.2 Å². The largest absolute Gasteiger partial charge is 0.352 e. The Hall–Kier alpha value is -1.40. The normalized spacial score (nSPS) is 26.5. The number of likely N-dealkylation sites (tertiary alicyclic amines) is 1. The minimum atomic E-state index is -3.21. The van der Waals surface area contributed by atoms with Gasteiger partial charge in [0.05, 0.1) is 5.75 Å². The van der Waals surface area contributed by atoms with Gasteiger partial charge in [-0.05, 0) is 74.1 Å². The van der Waals surface area contributed by atoms with Crippen LogP contribution in [0.5, 0.6) is 0 Å². The molecule has 1 saturated carbocycles.